The van der Waals surface area contributed by atoms with Gasteiger partial charge in [-0.1, -0.05) is 54.1 Å². The highest BCUT2D eigenvalue weighted by molar-refractivity contribution is 6.00. The molecule has 2 atom stereocenters. The van der Waals surface area contributed by atoms with E-state index in [1.165, 1.54) is 0 Å². The van der Waals surface area contributed by atoms with Crippen molar-refractivity contribution >= 4 is 34.4 Å². The largest absolute Gasteiger partial charge is 0.444 e. The molecular formula is C30H34N4O5. The number of nitriles is 1. The van der Waals surface area contributed by atoms with Crippen molar-refractivity contribution in [2.45, 2.75) is 52.3 Å². The van der Waals surface area contributed by atoms with Crippen LogP contribution in [0.15, 0.2) is 60.7 Å². The van der Waals surface area contributed by atoms with Crippen LogP contribution in [-0.4, -0.2) is 52.7 Å². The van der Waals surface area contributed by atoms with Gasteiger partial charge in [0.25, 0.3) is 5.91 Å². The van der Waals surface area contributed by atoms with Crippen LogP contribution >= 0.6 is 0 Å². The van der Waals surface area contributed by atoms with Gasteiger partial charge in [-0.3, -0.25) is 9.59 Å². The van der Waals surface area contributed by atoms with Crippen LogP contribution in [-0.2, 0) is 14.3 Å². The molecule has 3 N–H and O–H groups in total. The molecule has 0 fully saturated rings. The van der Waals surface area contributed by atoms with Gasteiger partial charge in [0.2, 0.25) is 5.91 Å². The van der Waals surface area contributed by atoms with Gasteiger partial charge in [-0.05, 0) is 68.7 Å². The summed E-state index contributed by atoms with van der Waals surface area (Å²) >= 11 is 0. The van der Waals surface area contributed by atoms with Crippen LogP contribution in [0.3, 0.4) is 0 Å². The summed E-state index contributed by atoms with van der Waals surface area (Å²) in [5.74, 6) is -1.35. The minimum atomic E-state index is -1.44. The van der Waals surface area contributed by atoms with E-state index in [4.69, 9.17) is 4.74 Å². The van der Waals surface area contributed by atoms with Crippen molar-refractivity contribution < 1.29 is 24.2 Å². The monoisotopic (exact) mass is 530 g/mol. The van der Waals surface area contributed by atoms with E-state index in [9.17, 15) is 24.8 Å². The summed E-state index contributed by atoms with van der Waals surface area (Å²) in [5.41, 5.74) is 1.79. The number of carbonyl (C=O) groups excluding carboxylic acids is 3. The molecule has 0 aliphatic rings. The van der Waals surface area contributed by atoms with Crippen LogP contribution in [0, 0.1) is 25.2 Å². The lowest BCUT2D eigenvalue weighted by molar-refractivity contribution is -0.140. The Balaban J connectivity index is 2.01. The number of nitrogens with zero attached hydrogens (tertiary/aromatic N) is 2. The van der Waals surface area contributed by atoms with Crippen LogP contribution in [0.1, 0.15) is 43.5 Å². The fraction of sp³-hybridized carbons (Fsp3) is 0.333. The summed E-state index contributed by atoms with van der Waals surface area (Å²) < 4.78 is 5.23. The topological polar surface area (TPSA) is 132 Å². The number of carbonyl (C=O) groups is 3. The second-order valence-corrected chi connectivity index (χ2v) is 10.3. The van der Waals surface area contributed by atoms with Crippen LogP contribution < -0.4 is 10.6 Å². The molecule has 0 heterocycles. The number of nitrogens with one attached hydrogen (secondary N) is 2. The molecule has 3 aromatic rings. The van der Waals surface area contributed by atoms with Crippen molar-refractivity contribution in [3.63, 3.8) is 0 Å². The normalized spacial score (nSPS) is 12.6. The van der Waals surface area contributed by atoms with Crippen LogP contribution in [0.2, 0.25) is 0 Å². The zero-order chi connectivity index (χ0) is 28.7. The van der Waals surface area contributed by atoms with Crippen molar-refractivity contribution in [2.75, 3.05) is 18.5 Å². The molecule has 3 rings (SSSR count). The van der Waals surface area contributed by atoms with E-state index in [1.54, 1.807) is 32.9 Å². The predicted octanol–water partition coefficient (Wildman–Crippen LogP) is 4.37. The van der Waals surface area contributed by atoms with E-state index in [0.717, 1.165) is 26.8 Å². The molecule has 0 aliphatic heterocycles. The second-order valence-electron chi connectivity index (χ2n) is 10.3. The number of benzene rings is 3. The molecule has 3 aromatic carbocycles. The Hall–Kier alpha value is -4.42. The number of hydrogen-bond donors (Lipinski definition) is 3. The summed E-state index contributed by atoms with van der Waals surface area (Å²) in [7, 11) is 0. The first-order valence-corrected chi connectivity index (χ1v) is 12.6. The lowest BCUT2D eigenvalue weighted by atomic mass is 9.96. The van der Waals surface area contributed by atoms with Gasteiger partial charge in [0, 0.05) is 5.69 Å². The van der Waals surface area contributed by atoms with Gasteiger partial charge in [0.05, 0.1) is 12.7 Å². The van der Waals surface area contributed by atoms with Crippen LogP contribution in [0.5, 0.6) is 0 Å². The van der Waals surface area contributed by atoms with Gasteiger partial charge in [0.15, 0.2) is 0 Å². The molecule has 9 heteroatoms. The Bertz CT molecular complexity index is 1410. The third kappa shape index (κ3) is 7.55. The maximum absolute atomic E-state index is 13.9. The molecule has 9 nitrogen and oxygen atoms in total. The lowest BCUT2D eigenvalue weighted by Gasteiger charge is -2.33. The number of aliphatic hydroxyl groups excluding tert-OH is 1. The van der Waals surface area contributed by atoms with E-state index in [-0.39, 0.29) is 0 Å². The highest BCUT2D eigenvalue weighted by Crippen LogP contribution is 2.28. The molecule has 2 unspecified atom stereocenters. The van der Waals surface area contributed by atoms with Crippen LogP contribution in [0.4, 0.5) is 10.5 Å². The van der Waals surface area contributed by atoms with Gasteiger partial charge < -0.3 is 25.4 Å². The van der Waals surface area contributed by atoms with Crippen molar-refractivity contribution in [2.24, 2.45) is 0 Å². The third-order valence-corrected chi connectivity index (χ3v) is 6.00. The maximum Gasteiger partial charge on any atom is 0.408 e. The number of hydrogen-bond acceptors (Lipinski definition) is 6. The van der Waals surface area contributed by atoms with Crippen molar-refractivity contribution in [1.29, 1.82) is 5.26 Å². The van der Waals surface area contributed by atoms with E-state index >= 15 is 0 Å². The quantitative estimate of drug-likeness (QED) is 0.371. The van der Waals surface area contributed by atoms with E-state index in [2.05, 4.69) is 10.6 Å². The first-order valence-electron chi connectivity index (χ1n) is 12.6. The minimum Gasteiger partial charge on any atom is -0.444 e. The van der Waals surface area contributed by atoms with Gasteiger partial charge >= 0.3 is 6.09 Å². The highest BCUT2D eigenvalue weighted by atomic mass is 16.6. The fourth-order valence-corrected chi connectivity index (χ4v) is 4.19. The van der Waals surface area contributed by atoms with Crippen molar-refractivity contribution in [1.82, 2.24) is 10.2 Å². The molecule has 0 aliphatic carbocycles. The van der Waals surface area contributed by atoms with E-state index < -0.39 is 48.7 Å². The van der Waals surface area contributed by atoms with Crippen LogP contribution in [0.25, 0.3) is 10.8 Å². The zero-order valence-electron chi connectivity index (χ0n) is 22.8. The number of ether oxygens (including phenoxy) is 1. The number of aryl methyl sites for hydroxylation is 2. The summed E-state index contributed by atoms with van der Waals surface area (Å²) in [6.45, 7) is 7.44. The Morgan fingerprint density at radius 3 is 2.36 bits per heavy atom. The zero-order valence-corrected chi connectivity index (χ0v) is 22.8. The third-order valence-electron chi connectivity index (χ3n) is 6.00. The number of aliphatic hydroxyl groups is 1. The Morgan fingerprint density at radius 1 is 1.03 bits per heavy atom. The number of alkyl carbamates (subject to hydrolysis) is 1. The number of anilines is 1. The van der Waals surface area contributed by atoms with E-state index in [0.29, 0.717) is 11.3 Å². The minimum absolute atomic E-state index is 0.464. The number of rotatable bonds is 8. The summed E-state index contributed by atoms with van der Waals surface area (Å²) in [4.78, 5) is 41.0. The SMILES string of the molecule is Cc1ccc(C)c(C(C(=O)Nc2ccc3ccccc3c2)N(CC#N)C(=O)C(CO)NC(=O)OC(C)(C)C)c1. The molecular weight excluding hydrogens is 496 g/mol. The standard InChI is InChI=1S/C30H34N4O5/c1-19-10-11-20(2)24(16-19)26(27(36)32-23-13-12-21-8-6-7-9-22(21)17-23)34(15-14-31)28(37)25(18-35)33-29(38)39-30(3,4)5/h6-13,16-17,25-26,35H,15,18H2,1-5H3,(H,32,36)(H,33,38). The van der Waals surface area contributed by atoms with Gasteiger partial charge in [0.1, 0.15) is 24.2 Å². The molecule has 3 amide bonds. The Labute approximate surface area is 228 Å². The molecule has 39 heavy (non-hydrogen) atoms. The molecule has 0 aromatic heterocycles. The van der Waals surface area contributed by atoms with E-state index in [1.807, 2.05) is 68.4 Å². The fourth-order valence-electron chi connectivity index (χ4n) is 4.19. The van der Waals surface area contributed by atoms with Gasteiger partial charge in [-0.2, -0.15) is 5.26 Å². The lowest BCUT2D eigenvalue weighted by Crippen LogP contribution is -2.54. The smallest absolute Gasteiger partial charge is 0.408 e. The van der Waals surface area contributed by atoms with Gasteiger partial charge in [-0.25, -0.2) is 4.79 Å². The maximum atomic E-state index is 13.9. The molecule has 0 spiro atoms. The number of fused-ring (bicyclic) bond motifs is 1. The summed E-state index contributed by atoms with van der Waals surface area (Å²) in [6, 6.07) is 17.9. The highest BCUT2D eigenvalue weighted by Gasteiger charge is 2.37. The molecule has 0 radical (unpaired) electrons. The molecule has 0 saturated heterocycles. The van der Waals surface area contributed by atoms with Crippen molar-refractivity contribution in [3.8, 4) is 6.07 Å². The molecule has 0 saturated carbocycles. The summed E-state index contributed by atoms with van der Waals surface area (Å²) in [5, 5.41) is 26.8. The predicted molar refractivity (Wildman–Crippen MR) is 149 cm³/mol. The first kappa shape index (κ1) is 29.1. The Kier molecular flexibility index (Phi) is 9.28. The molecule has 204 valence electrons. The molecule has 0 bridgehead atoms. The second kappa shape index (κ2) is 12.4. The average Bonchev–Trinajstić information content (AvgIpc) is 2.87. The average molecular weight is 531 g/mol. The van der Waals surface area contributed by atoms with Gasteiger partial charge in [-0.15, -0.1) is 0 Å². The summed E-state index contributed by atoms with van der Waals surface area (Å²) in [6.07, 6.45) is -0.907. The van der Waals surface area contributed by atoms with Crippen molar-refractivity contribution in [3.05, 3.63) is 77.4 Å². The number of amides is 3. The Morgan fingerprint density at radius 2 is 1.72 bits per heavy atom. The first-order chi connectivity index (χ1) is 18.4.